The Morgan fingerprint density at radius 3 is 2.53 bits per heavy atom. The molecule has 2 N–H and O–H groups in total. The Hall–Kier alpha value is -0.860. The Morgan fingerprint density at radius 2 is 2.00 bits per heavy atom. The van der Waals surface area contributed by atoms with Crippen molar-refractivity contribution in [1.29, 1.82) is 0 Å². The van der Waals surface area contributed by atoms with E-state index < -0.39 is 10.0 Å². The van der Waals surface area contributed by atoms with Gasteiger partial charge in [0.15, 0.2) is 0 Å². The van der Waals surface area contributed by atoms with Crippen molar-refractivity contribution in [2.24, 2.45) is 0 Å². The van der Waals surface area contributed by atoms with E-state index in [2.05, 4.69) is 20.0 Å². The zero-order chi connectivity index (χ0) is 12.7. The molecule has 0 aromatic carbocycles. The van der Waals surface area contributed by atoms with E-state index in [9.17, 15) is 8.42 Å². The van der Waals surface area contributed by atoms with Crippen molar-refractivity contribution in [3.05, 3.63) is 12.4 Å². The molecule has 0 fully saturated rings. The Labute approximate surface area is 106 Å². The zero-order valence-corrected chi connectivity index (χ0v) is 11.4. The molecule has 0 aliphatic rings. The molecule has 0 aliphatic heterocycles. The van der Waals surface area contributed by atoms with Crippen molar-refractivity contribution >= 4 is 27.7 Å². The summed E-state index contributed by atoms with van der Waals surface area (Å²) in [4.78, 5) is 7.92. The van der Waals surface area contributed by atoms with Crippen LogP contribution in [-0.2, 0) is 10.0 Å². The molecule has 0 radical (unpaired) electrons. The van der Waals surface area contributed by atoms with Gasteiger partial charge in [0.1, 0.15) is 4.90 Å². The molecule has 1 aromatic heterocycles. The van der Waals surface area contributed by atoms with Crippen molar-refractivity contribution in [2.75, 3.05) is 30.4 Å². The van der Waals surface area contributed by atoms with E-state index in [1.165, 1.54) is 12.4 Å². The summed E-state index contributed by atoms with van der Waals surface area (Å²) in [6.07, 6.45) is 4.52. The highest BCUT2D eigenvalue weighted by Crippen LogP contribution is 2.07. The second-order valence-electron chi connectivity index (χ2n) is 3.16. The Balaban J connectivity index is 2.71. The van der Waals surface area contributed by atoms with Crippen LogP contribution in [0.4, 0.5) is 5.95 Å². The minimum atomic E-state index is -3.48. The maximum absolute atomic E-state index is 11.8. The number of rotatable bonds is 7. The molecule has 0 aliphatic carbocycles. The van der Waals surface area contributed by atoms with Gasteiger partial charge in [-0.1, -0.05) is 0 Å². The maximum atomic E-state index is 11.8. The van der Waals surface area contributed by atoms with Crippen LogP contribution < -0.4 is 10.0 Å². The lowest BCUT2D eigenvalue weighted by Crippen LogP contribution is -2.26. The molecule has 17 heavy (non-hydrogen) atoms. The molecule has 0 saturated carbocycles. The highest BCUT2D eigenvalue weighted by Gasteiger charge is 2.14. The fourth-order valence-corrected chi connectivity index (χ4v) is 2.42. The molecule has 1 rings (SSSR count). The highest BCUT2D eigenvalue weighted by molar-refractivity contribution is 7.98. The minimum absolute atomic E-state index is 0.0836. The van der Waals surface area contributed by atoms with Crippen molar-refractivity contribution in [1.82, 2.24) is 14.7 Å². The van der Waals surface area contributed by atoms with Gasteiger partial charge in [0.05, 0.1) is 12.4 Å². The standard InChI is InChI=1S/C9H16N4O2S2/c1-3-10-9-11-6-8(7-12-9)17(14,15)13-4-5-16-2/h6-7,13H,3-5H2,1-2H3,(H,10,11,12). The molecule has 8 heteroatoms. The maximum Gasteiger partial charge on any atom is 0.243 e. The average molecular weight is 276 g/mol. The number of nitrogens with zero attached hydrogens (tertiary/aromatic N) is 2. The number of anilines is 1. The topological polar surface area (TPSA) is 84.0 Å². The van der Waals surface area contributed by atoms with Crippen LogP contribution in [0.2, 0.25) is 0 Å². The Kier molecular flexibility index (Phi) is 5.66. The van der Waals surface area contributed by atoms with Crippen LogP contribution in [0.1, 0.15) is 6.92 Å². The quantitative estimate of drug-likeness (QED) is 0.708. The van der Waals surface area contributed by atoms with Gasteiger partial charge in [-0.3, -0.25) is 0 Å². The number of aromatic nitrogens is 2. The molecule has 6 nitrogen and oxygen atoms in total. The van der Waals surface area contributed by atoms with Crippen LogP contribution in [0.15, 0.2) is 17.3 Å². The van der Waals surface area contributed by atoms with Gasteiger partial charge in [0, 0.05) is 18.8 Å². The molecule has 0 bridgehead atoms. The molecular formula is C9H16N4O2S2. The molecule has 0 spiro atoms. The molecule has 1 heterocycles. The second-order valence-corrected chi connectivity index (χ2v) is 5.92. The third-order valence-corrected chi connectivity index (χ3v) is 3.90. The van der Waals surface area contributed by atoms with Crippen molar-refractivity contribution < 1.29 is 8.42 Å². The van der Waals surface area contributed by atoms with Gasteiger partial charge >= 0.3 is 0 Å². The summed E-state index contributed by atoms with van der Waals surface area (Å²) in [5, 5.41) is 2.90. The minimum Gasteiger partial charge on any atom is -0.355 e. The van der Waals surface area contributed by atoms with Gasteiger partial charge in [-0.05, 0) is 13.2 Å². The van der Waals surface area contributed by atoms with Crippen LogP contribution in [0.25, 0.3) is 0 Å². The average Bonchev–Trinajstić information content (AvgIpc) is 2.30. The first-order valence-corrected chi connectivity index (χ1v) is 8.02. The first-order chi connectivity index (χ1) is 8.10. The van der Waals surface area contributed by atoms with Crippen LogP contribution in [0.5, 0.6) is 0 Å². The third-order valence-electron chi connectivity index (χ3n) is 1.87. The Bertz CT molecular complexity index is 433. The summed E-state index contributed by atoms with van der Waals surface area (Å²) >= 11 is 1.58. The van der Waals surface area contributed by atoms with Crippen LogP contribution >= 0.6 is 11.8 Å². The van der Waals surface area contributed by atoms with E-state index in [1.54, 1.807) is 11.8 Å². The van der Waals surface area contributed by atoms with Crippen molar-refractivity contribution in [2.45, 2.75) is 11.8 Å². The van der Waals surface area contributed by atoms with E-state index in [4.69, 9.17) is 0 Å². The monoisotopic (exact) mass is 276 g/mol. The highest BCUT2D eigenvalue weighted by atomic mass is 32.2. The third kappa shape index (κ3) is 4.49. The van der Waals surface area contributed by atoms with Crippen LogP contribution in [0, 0.1) is 0 Å². The van der Waals surface area contributed by atoms with Crippen molar-refractivity contribution in [3.8, 4) is 0 Å². The van der Waals surface area contributed by atoms with Crippen LogP contribution in [0.3, 0.4) is 0 Å². The van der Waals surface area contributed by atoms with Gasteiger partial charge in [-0.25, -0.2) is 23.1 Å². The molecule has 0 atom stereocenters. The first kappa shape index (κ1) is 14.2. The Morgan fingerprint density at radius 1 is 1.35 bits per heavy atom. The number of sulfonamides is 1. The lowest BCUT2D eigenvalue weighted by atomic mass is 10.6. The van der Waals surface area contributed by atoms with Gasteiger partial charge in [0.25, 0.3) is 0 Å². The molecule has 0 amide bonds. The summed E-state index contributed by atoms with van der Waals surface area (Å²) in [5.41, 5.74) is 0. The normalized spacial score (nSPS) is 11.4. The number of hydrogen-bond acceptors (Lipinski definition) is 6. The lowest BCUT2D eigenvalue weighted by Gasteiger charge is -2.06. The van der Waals surface area contributed by atoms with E-state index in [1.807, 2.05) is 13.2 Å². The molecule has 96 valence electrons. The van der Waals surface area contributed by atoms with Crippen LogP contribution in [-0.4, -0.2) is 43.5 Å². The fourth-order valence-electron chi connectivity index (χ4n) is 1.07. The molecular weight excluding hydrogens is 260 g/mol. The van der Waals surface area contributed by atoms with E-state index in [0.717, 1.165) is 5.75 Å². The summed E-state index contributed by atoms with van der Waals surface area (Å²) in [7, 11) is -3.48. The summed E-state index contributed by atoms with van der Waals surface area (Å²) in [6, 6.07) is 0. The molecule has 0 saturated heterocycles. The first-order valence-electron chi connectivity index (χ1n) is 5.14. The van der Waals surface area contributed by atoms with Gasteiger partial charge in [-0.2, -0.15) is 11.8 Å². The van der Waals surface area contributed by atoms with E-state index in [0.29, 0.717) is 19.0 Å². The predicted molar refractivity (Wildman–Crippen MR) is 69.8 cm³/mol. The fraction of sp³-hybridized carbons (Fsp3) is 0.556. The van der Waals surface area contributed by atoms with Gasteiger partial charge in [-0.15, -0.1) is 0 Å². The summed E-state index contributed by atoms with van der Waals surface area (Å²) in [5.74, 6) is 1.16. The van der Waals surface area contributed by atoms with Gasteiger partial charge < -0.3 is 5.32 Å². The van der Waals surface area contributed by atoms with Gasteiger partial charge in [0.2, 0.25) is 16.0 Å². The van der Waals surface area contributed by atoms with E-state index in [-0.39, 0.29) is 4.90 Å². The smallest absolute Gasteiger partial charge is 0.243 e. The largest absolute Gasteiger partial charge is 0.355 e. The lowest BCUT2D eigenvalue weighted by molar-refractivity contribution is 0.583. The summed E-state index contributed by atoms with van der Waals surface area (Å²) in [6.45, 7) is 3.01. The SMILES string of the molecule is CCNc1ncc(S(=O)(=O)NCCSC)cn1. The van der Waals surface area contributed by atoms with Crippen molar-refractivity contribution in [3.63, 3.8) is 0 Å². The number of hydrogen-bond donors (Lipinski definition) is 2. The molecule has 1 aromatic rings. The zero-order valence-electron chi connectivity index (χ0n) is 9.80. The second kappa shape index (κ2) is 6.77. The molecule has 0 unspecified atom stereocenters. The predicted octanol–water partition coefficient (Wildman–Crippen LogP) is 0.550. The summed E-state index contributed by atoms with van der Waals surface area (Å²) < 4.78 is 26.0. The number of thioether (sulfide) groups is 1. The van der Waals surface area contributed by atoms with E-state index >= 15 is 0 Å². The number of nitrogens with one attached hydrogen (secondary N) is 2.